The number of nitrogens with zero attached hydrogens (tertiary/aromatic N) is 3. The minimum atomic E-state index is 0.0678. The lowest BCUT2D eigenvalue weighted by Gasteiger charge is -2.29. The van der Waals surface area contributed by atoms with Crippen molar-refractivity contribution in [3.8, 4) is 6.07 Å². The van der Waals surface area contributed by atoms with Crippen LogP contribution in [-0.4, -0.2) is 6.54 Å². The largest absolute Gasteiger partial charge is 0.340 e. The van der Waals surface area contributed by atoms with E-state index in [9.17, 15) is 5.26 Å². The van der Waals surface area contributed by atoms with Gasteiger partial charge in [-0.2, -0.15) is 5.26 Å². The highest BCUT2D eigenvalue weighted by Crippen LogP contribution is 2.47. The number of hydrogen-bond acceptors (Lipinski definition) is 3. The van der Waals surface area contributed by atoms with Gasteiger partial charge in [0.2, 0.25) is 0 Å². The van der Waals surface area contributed by atoms with Gasteiger partial charge in [0.1, 0.15) is 0 Å². The van der Waals surface area contributed by atoms with Gasteiger partial charge in [0, 0.05) is 40.1 Å². The molecule has 44 heavy (non-hydrogen) atoms. The first-order chi connectivity index (χ1) is 21.4. The summed E-state index contributed by atoms with van der Waals surface area (Å²) in [5, 5.41) is 17.1. The fourth-order valence-corrected chi connectivity index (χ4v) is 7.01. The van der Waals surface area contributed by atoms with Crippen molar-refractivity contribution in [3.63, 3.8) is 0 Å². The fraction of sp³-hybridized carbons (Fsp3) is 0.146. The highest BCUT2D eigenvalue weighted by Gasteiger charge is 2.24. The van der Waals surface area contributed by atoms with E-state index in [1.54, 1.807) is 0 Å². The van der Waals surface area contributed by atoms with Gasteiger partial charge in [0.05, 0.1) is 17.3 Å². The molecule has 1 aliphatic rings. The molecule has 0 saturated carbocycles. The molecular formula is C41H33N3. The maximum atomic E-state index is 9.49. The molecule has 0 aromatic heterocycles. The second-order valence-corrected chi connectivity index (χ2v) is 12.9. The molecule has 1 heterocycles. The summed E-state index contributed by atoms with van der Waals surface area (Å²) < 4.78 is 0. The van der Waals surface area contributed by atoms with Crippen molar-refractivity contribution >= 4 is 60.8 Å². The van der Waals surface area contributed by atoms with Crippen LogP contribution in [-0.2, 0) is 11.8 Å². The van der Waals surface area contributed by atoms with E-state index in [-0.39, 0.29) is 5.41 Å². The van der Waals surface area contributed by atoms with E-state index >= 15 is 0 Å². The summed E-state index contributed by atoms with van der Waals surface area (Å²) in [6, 6.07) is 46.1. The van der Waals surface area contributed by atoms with Crippen LogP contribution in [0.1, 0.15) is 37.5 Å². The maximum Gasteiger partial charge on any atom is 0.0991 e. The lowest BCUT2D eigenvalue weighted by molar-refractivity contribution is 0.590. The molecule has 1 aliphatic heterocycles. The van der Waals surface area contributed by atoms with Crippen LogP contribution in [0.25, 0.3) is 32.3 Å². The number of nitriles is 1. The van der Waals surface area contributed by atoms with Gasteiger partial charge >= 0.3 is 0 Å². The Hall–Kier alpha value is -5.33. The Bertz CT molecular complexity index is 2210. The van der Waals surface area contributed by atoms with Crippen molar-refractivity contribution in [2.45, 2.75) is 32.6 Å². The molecule has 0 radical (unpaired) electrons. The number of benzene rings is 7. The molecule has 212 valence electrons. The van der Waals surface area contributed by atoms with Crippen molar-refractivity contribution < 1.29 is 0 Å². The van der Waals surface area contributed by atoms with E-state index in [1.165, 1.54) is 54.8 Å². The van der Waals surface area contributed by atoms with Gasteiger partial charge in [-0.15, -0.1) is 0 Å². The number of rotatable bonds is 4. The summed E-state index contributed by atoms with van der Waals surface area (Å²) in [6.07, 6.45) is 1.07. The monoisotopic (exact) mass is 567 g/mol. The van der Waals surface area contributed by atoms with Gasteiger partial charge < -0.3 is 9.80 Å². The summed E-state index contributed by atoms with van der Waals surface area (Å²) in [6.45, 7) is 7.73. The van der Waals surface area contributed by atoms with Crippen LogP contribution in [0.2, 0.25) is 0 Å². The van der Waals surface area contributed by atoms with Crippen LogP contribution < -0.4 is 9.80 Å². The molecule has 0 atom stereocenters. The Balaban J connectivity index is 1.36. The first-order valence-corrected chi connectivity index (χ1v) is 15.4. The minimum Gasteiger partial charge on any atom is -0.340 e. The van der Waals surface area contributed by atoms with E-state index in [0.29, 0.717) is 5.56 Å². The van der Waals surface area contributed by atoms with Gasteiger partial charge in [-0.25, -0.2) is 0 Å². The van der Waals surface area contributed by atoms with Crippen LogP contribution in [0.5, 0.6) is 0 Å². The molecule has 8 rings (SSSR count). The highest BCUT2D eigenvalue weighted by molar-refractivity contribution is 6.28. The fourth-order valence-electron chi connectivity index (χ4n) is 7.01. The summed E-state index contributed by atoms with van der Waals surface area (Å²) in [7, 11) is 0. The number of hydrogen-bond donors (Lipinski definition) is 0. The SMILES string of the molecule is CC(C)(C)c1ccc(N(c2ccc(C#N)cc2)c2ccc3ccc4c(N5CCc6ccccc65)ccc5ccc2c3c54)cc1. The average Bonchev–Trinajstić information content (AvgIpc) is 3.48. The molecule has 0 saturated heterocycles. The van der Waals surface area contributed by atoms with Crippen molar-refractivity contribution in [2.24, 2.45) is 0 Å². The van der Waals surface area contributed by atoms with Crippen LogP contribution in [0, 0.1) is 11.3 Å². The Morgan fingerprint density at radius 2 is 1.25 bits per heavy atom. The van der Waals surface area contributed by atoms with Crippen molar-refractivity contribution in [1.29, 1.82) is 5.26 Å². The quantitative estimate of drug-likeness (QED) is 0.198. The second-order valence-electron chi connectivity index (χ2n) is 12.9. The van der Waals surface area contributed by atoms with Gasteiger partial charge in [-0.3, -0.25) is 0 Å². The molecule has 3 heteroatoms. The molecule has 0 fully saturated rings. The topological polar surface area (TPSA) is 30.3 Å². The molecule has 0 spiro atoms. The lowest BCUT2D eigenvalue weighted by Crippen LogP contribution is -2.14. The summed E-state index contributed by atoms with van der Waals surface area (Å²) >= 11 is 0. The zero-order valence-corrected chi connectivity index (χ0v) is 25.3. The van der Waals surface area contributed by atoms with E-state index in [4.69, 9.17) is 0 Å². The molecular weight excluding hydrogens is 534 g/mol. The summed E-state index contributed by atoms with van der Waals surface area (Å²) in [4.78, 5) is 4.82. The molecule has 0 aliphatic carbocycles. The summed E-state index contributed by atoms with van der Waals surface area (Å²) in [5.74, 6) is 0. The third-order valence-corrected chi connectivity index (χ3v) is 9.28. The predicted molar refractivity (Wildman–Crippen MR) is 185 cm³/mol. The van der Waals surface area contributed by atoms with E-state index in [0.717, 1.165) is 30.0 Å². The van der Waals surface area contributed by atoms with Crippen molar-refractivity contribution in [1.82, 2.24) is 0 Å². The van der Waals surface area contributed by atoms with Crippen LogP contribution in [0.3, 0.4) is 0 Å². The van der Waals surface area contributed by atoms with Gasteiger partial charge in [0.25, 0.3) is 0 Å². The van der Waals surface area contributed by atoms with E-state index in [2.05, 4.69) is 146 Å². The normalized spacial score (nSPS) is 13.1. The zero-order chi connectivity index (χ0) is 30.0. The number of anilines is 5. The maximum absolute atomic E-state index is 9.49. The third-order valence-electron chi connectivity index (χ3n) is 9.28. The Kier molecular flexibility index (Phi) is 5.90. The molecule has 0 bridgehead atoms. The molecule has 0 amide bonds. The first kappa shape index (κ1) is 26.3. The lowest BCUT2D eigenvalue weighted by atomic mass is 9.87. The zero-order valence-electron chi connectivity index (χ0n) is 25.3. The number of fused-ring (bicyclic) bond motifs is 1. The van der Waals surface area contributed by atoms with E-state index < -0.39 is 0 Å². The molecule has 0 unspecified atom stereocenters. The molecule has 7 aromatic rings. The summed E-state index contributed by atoms with van der Waals surface area (Å²) in [5.41, 5.74) is 9.25. The Morgan fingerprint density at radius 3 is 1.95 bits per heavy atom. The molecule has 7 aromatic carbocycles. The van der Waals surface area contributed by atoms with Crippen LogP contribution in [0.15, 0.2) is 121 Å². The smallest absolute Gasteiger partial charge is 0.0991 e. The van der Waals surface area contributed by atoms with Crippen molar-refractivity contribution in [2.75, 3.05) is 16.3 Å². The Labute approximate surface area is 258 Å². The van der Waals surface area contributed by atoms with Gasteiger partial charge in [0.15, 0.2) is 0 Å². The van der Waals surface area contributed by atoms with Crippen LogP contribution >= 0.6 is 0 Å². The van der Waals surface area contributed by atoms with Gasteiger partial charge in [-0.05, 0) is 99.1 Å². The number of para-hydroxylation sites is 1. The predicted octanol–water partition coefficient (Wildman–Crippen LogP) is 10.9. The highest BCUT2D eigenvalue weighted by atomic mass is 15.2. The first-order valence-electron chi connectivity index (χ1n) is 15.4. The van der Waals surface area contributed by atoms with Crippen LogP contribution in [0.4, 0.5) is 28.4 Å². The Morgan fingerprint density at radius 1 is 0.636 bits per heavy atom. The minimum absolute atomic E-state index is 0.0678. The molecule has 3 nitrogen and oxygen atoms in total. The third kappa shape index (κ3) is 4.10. The van der Waals surface area contributed by atoms with Gasteiger partial charge in [-0.1, -0.05) is 87.5 Å². The molecule has 0 N–H and O–H groups in total. The average molecular weight is 568 g/mol. The van der Waals surface area contributed by atoms with Crippen molar-refractivity contribution in [3.05, 3.63) is 138 Å². The standard InChI is InChI=1S/C41H33N3/c1-41(2,3)31-14-18-33(19-15-31)44(32-16-8-27(26-42)9-17-32)38-23-13-30-10-20-34-37(43-25-24-28-6-4-5-7-36(28)43)22-12-29-11-21-35(38)40(30)39(29)34/h4-23H,24-25H2,1-3H3. The second kappa shape index (κ2) is 9.86. The van der Waals surface area contributed by atoms with E-state index in [1.807, 2.05) is 12.1 Å².